The number of nitrogens with zero attached hydrogens (tertiary/aromatic N) is 1. The van der Waals surface area contributed by atoms with Crippen LogP contribution in [-0.2, 0) is 11.8 Å². The molecule has 0 aliphatic heterocycles. The SMILES string of the molecule is CC(C)(CC(C)(O)C(F)(F)F)c1cccc(CC=NO)c1. The number of oxime groups is 1. The van der Waals surface area contributed by atoms with Gasteiger partial charge in [-0.05, 0) is 29.9 Å². The maximum absolute atomic E-state index is 12.8. The molecule has 0 aliphatic carbocycles. The van der Waals surface area contributed by atoms with Crippen molar-refractivity contribution < 1.29 is 23.5 Å². The van der Waals surface area contributed by atoms with Crippen LogP contribution in [0.1, 0.15) is 38.3 Å². The number of aliphatic hydroxyl groups is 1. The zero-order valence-electron chi connectivity index (χ0n) is 12.3. The molecule has 0 aromatic heterocycles. The monoisotopic (exact) mass is 303 g/mol. The van der Waals surface area contributed by atoms with Gasteiger partial charge in [0.25, 0.3) is 0 Å². The third kappa shape index (κ3) is 4.46. The van der Waals surface area contributed by atoms with Crippen LogP contribution in [0.15, 0.2) is 29.4 Å². The third-order valence-corrected chi connectivity index (χ3v) is 3.51. The highest BCUT2D eigenvalue weighted by Gasteiger charge is 2.52. The van der Waals surface area contributed by atoms with E-state index in [4.69, 9.17) is 5.21 Å². The predicted octanol–water partition coefficient (Wildman–Crippen LogP) is 3.67. The van der Waals surface area contributed by atoms with Crippen molar-refractivity contribution in [3.63, 3.8) is 0 Å². The maximum Gasteiger partial charge on any atom is 0.416 e. The summed E-state index contributed by atoms with van der Waals surface area (Å²) < 4.78 is 38.5. The van der Waals surface area contributed by atoms with Gasteiger partial charge in [0.2, 0.25) is 0 Å². The molecule has 1 rings (SSSR count). The minimum absolute atomic E-state index is 0.385. The van der Waals surface area contributed by atoms with E-state index >= 15 is 0 Å². The van der Waals surface area contributed by atoms with Crippen molar-refractivity contribution in [1.29, 1.82) is 0 Å². The first-order chi connectivity index (χ1) is 9.49. The molecule has 21 heavy (non-hydrogen) atoms. The number of halogens is 3. The Morgan fingerprint density at radius 1 is 1.19 bits per heavy atom. The molecule has 0 saturated carbocycles. The van der Waals surface area contributed by atoms with Gasteiger partial charge >= 0.3 is 6.18 Å². The average Bonchev–Trinajstić information content (AvgIpc) is 2.34. The third-order valence-electron chi connectivity index (χ3n) is 3.51. The fraction of sp³-hybridized carbons (Fsp3) is 0.533. The van der Waals surface area contributed by atoms with E-state index in [0.29, 0.717) is 12.0 Å². The lowest BCUT2D eigenvalue weighted by atomic mass is 9.75. The summed E-state index contributed by atoms with van der Waals surface area (Å²) in [6.07, 6.45) is -3.43. The van der Waals surface area contributed by atoms with Gasteiger partial charge in [-0.2, -0.15) is 13.2 Å². The van der Waals surface area contributed by atoms with Gasteiger partial charge in [-0.3, -0.25) is 0 Å². The van der Waals surface area contributed by atoms with Gasteiger partial charge in [0.15, 0.2) is 5.60 Å². The number of rotatable bonds is 5. The first-order valence-electron chi connectivity index (χ1n) is 6.54. The van der Waals surface area contributed by atoms with Gasteiger partial charge in [-0.1, -0.05) is 38.1 Å². The summed E-state index contributed by atoms with van der Waals surface area (Å²) in [5.41, 5.74) is -2.09. The molecule has 0 heterocycles. The minimum Gasteiger partial charge on any atom is -0.411 e. The molecule has 3 nitrogen and oxygen atoms in total. The lowest BCUT2D eigenvalue weighted by molar-refractivity contribution is -0.259. The van der Waals surface area contributed by atoms with E-state index in [1.54, 1.807) is 38.1 Å². The van der Waals surface area contributed by atoms with Crippen LogP contribution in [-0.4, -0.2) is 28.3 Å². The zero-order valence-corrected chi connectivity index (χ0v) is 12.3. The van der Waals surface area contributed by atoms with Gasteiger partial charge in [0.1, 0.15) is 0 Å². The highest BCUT2D eigenvalue weighted by Crippen LogP contribution is 2.40. The van der Waals surface area contributed by atoms with Crippen LogP contribution in [0.25, 0.3) is 0 Å². The van der Waals surface area contributed by atoms with E-state index in [0.717, 1.165) is 12.5 Å². The Balaban J connectivity index is 3.02. The smallest absolute Gasteiger partial charge is 0.411 e. The largest absolute Gasteiger partial charge is 0.416 e. The summed E-state index contributed by atoms with van der Waals surface area (Å²) in [7, 11) is 0. The summed E-state index contributed by atoms with van der Waals surface area (Å²) in [4.78, 5) is 0. The number of hydrogen-bond donors (Lipinski definition) is 2. The minimum atomic E-state index is -4.68. The highest BCUT2D eigenvalue weighted by atomic mass is 19.4. The van der Waals surface area contributed by atoms with E-state index in [1.807, 2.05) is 0 Å². The Morgan fingerprint density at radius 2 is 1.81 bits per heavy atom. The molecule has 0 bridgehead atoms. The van der Waals surface area contributed by atoms with Crippen LogP contribution in [0.5, 0.6) is 0 Å². The van der Waals surface area contributed by atoms with Crippen LogP contribution < -0.4 is 0 Å². The standard InChI is InChI=1S/C15H20F3NO2/c1-13(2,10-14(3,20)15(16,17)18)12-6-4-5-11(9-12)7-8-19-21/h4-6,8-9,20-21H,7,10H2,1-3H3. The van der Waals surface area contributed by atoms with E-state index in [-0.39, 0.29) is 0 Å². The first kappa shape index (κ1) is 17.5. The van der Waals surface area contributed by atoms with Crippen LogP contribution >= 0.6 is 0 Å². The molecular formula is C15H20F3NO2. The first-order valence-corrected chi connectivity index (χ1v) is 6.54. The molecule has 1 unspecified atom stereocenters. The zero-order chi connectivity index (χ0) is 16.3. The molecular weight excluding hydrogens is 283 g/mol. The van der Waals surface area contributed by atoms with Gasteiger partial charge in [0.05, 0.1) is 0 Å². The summed E-state index contributed by atoms with van der Waals surface area (Å²) in [5, 5.41) is 21.0. The number of hydrogen-bond acceptors (Lipinski definition) is 3. The van der Waals surface area contributed by atoms with Gasteiger partial charge < -0.3 is 10.3 Å². The second kappa shape index (κ2) is 6.05. The van der Waals surface area contributed by atoms with Crippen molar-refractivity contribution in [1.82, 2.24) is 0 Å². The molecule has 0 amide bonds. The van der Waals surface area contributed by atoms with Crippen LogP contribution in [0.3, 0.4) is 0 Å². The number of alkyl halides is 3. The Kier molecular flexibility index (Phi) is 5.04. The molecule has 0 aliphatic rings. The Labute approximate surface area is 122 Å². The molecule has 1 aromatic rings. The van der Waals surface area contributed by atoms with Crippen LogP contribution in [0.4, 0.5) is 13.2 Å². The molecule has 2 N–H and O–H groups in total. The van der Waals surface area contributed by atoms with Crippen molar-refractivity contribution in [2.75, 3.05) is 0 Å². The highest BCUT2D eigenvalue weighted by molar-refractivity contribution is 5.60. The van der Waals surface area contributed by atoms with Crippen molar-refractivity contribution in [3.8, 4) is 0 Å². The van der Waals surface area contributed by atoms with Crippen molar-refractivity contribution in [2.24, 2.45) is 5.16 Å². The summed E-state index contributed by atoms with van der Waals surface area (Å²) in [5.74, 6) is 0. The molecule has 0 spiro atoms. The van der Waals surface area contributed by atoms with Gasteiger partial charge in [-0.25, -0.2) is 0 Å². The van der Waals surface area contributed by atoms with E-state index in [2.05, 4.69) is 5.16 Å². The fourth-order valence-electron chi connectivity index (χ4n) is 2.33. The predicted molar refractivity (Wildman–Crippen MR) is 74.7 cm³/mol. The fourth-order valence-corrected chi connectivity index (χ4v) is 2.33. The summed E-state index contributed by atoms with van der Waals surface area (Å²) in [6.45, 7) is 4.11. The maximum atomic E-state index is 12.8. The van der Waals surface area contributed by atoms with E-state index < -0.39 is 23.6 Å². The number of benzene rings is 1. The summed E-state index contributed by atoms with van der Waals surface area (Å²) in [6, 6.07) is 7.02. The lowest BCUT2D eigenvalue weighted by Crippen LogP contribution is -2.46. The van der Waals surface area contributed by atoms with E-state index in [1.165, 1.54) is 6.21 Å². The van der Waals surface area contributed by atoms with E-state index in [9.17, 15) is 18.3 Å². The molecule has 118 valence electrons. The molecule has 0 radical (unpaired) electrons. The average molecular weight is 303 g/mol. The Bertz CT molecular complexity index is 508. The molecule has 0 saturated heterocycles. The second-order valence-electron chi connectivity index (χ2n) is 6.03. The Hall–Kier alpha value is -1.56. The van der Waals surface area contributed by atoms with Crippen LogP contribution in [0, 0.1) is 0 Å². The van der Waals surface area contributed by atoms with Crippen molar-refractivity contribution >= 4 is 6.21 Å². The van der Waals surface area contributed by atoms with Crippen molar-refractivity contribution in [2.45, 2.75) is 50.8 Å². The van der Waals surface area contributed by atoms with Gasteiger partial charge in [-0.15, -0.1) is 5.16 Å². The molecule has 6 heteroatoms. The van der Waals surface area contributed by atoms with Crippen LogP contribution in [0.2, 0.25) is 0 Å². The molecule has 1 aromatic carbocycles. The molecule has 1 atom stereocenters. The lowest BCUT2D eigenvalue weighted by Gasteiger charge is -2.35. The summed E-state index contributed by atoms with van der Waals surface area (Å²) >= 11 is 0. The quantitative estimate of drug-likeness (QED) is 0.495. The normalized spacial score (nSPS) is 16.1. The second-order valence-corrected chi connectivity index (χ2v) is 6.03. The van der Waals surface area contributed by atoms with Crippen molar-refractivity contribution in [3.05, 3.63) is 35.4 Å². The molecule has 0 fully saturated rings. The topological polar surface area (TPSA) is 52.8 Å². The Morgan fingerprint density at radius 3 is 2.33 bits per heavy atom. The van der Waals surface area contributed by atoms with Gasteiger partial charge in [0, 0.05) is 12.6 Å².